The fraction of sp³-hybridized carbons (Fsp3) is 0.588. The van der Waals surface area contributed by atoms with E-state index in [1.165, 1.54) is 12.8 Å². The first-order chi connectivity index (χ1) is 10.1. The molecule has 2 aliphatic carbocycles. The number of aliphatic hydroxyl groups is 1. The van der Waals surface area contributed by atoms with Gasteiger partial charge in [-0.05, 0) is 62.1 Å². The molecule has 0 heterocycles. The van der Waals surface area contributed by atoms with E-state index >= 15 is 0 Å². The van der Waals surface area contributed by atoms with E-state index < -0.39 is 5.60 Å². The molecule has 0 radical (unpaired) electrons. The van der Waals surface area contributed by atoms with Crippen molar-refractivity contribution < 1.29 is 14.6 Å². The number of fused-ring (bicyclic) bond motifs is 2. The van der Waals surface area contributed by atoms with Gasteiger partial charge in [0.25, 0.3) is 5.91 Å². The number of methoxy groups -OCH3 is 1. The Balaban J connectivity index is 1.52. The fourth-order valence-electron chi connectivity index (χ4n) is 3.98. The Labute approximate surface area is 125 Å². The quantitative estimate of drug-likeness (QED) is 0.875. The molecular weight excluding hydrogens is 266 g/mol. The van der Waals surface area contributed by atoms with Crippen LogP contribution in [0, 0.1) is 11.8 Å². The highest BCUT2D eigenvalue weighted by molar-refractivity contribution is 5.94. The standard InChI is InChI=1S/C17H23NO3/c1-21-15-4-2-3-13(10-15)16(19)18-8-7-17(20)11-12-5-6-14(17)9-12/h2-4,10,12,14,20H,5-9,11H2,1H3,(H,18,19)/t12-,14-,17-/m0/s1. The highest BCUT2D eigenvalue weighted by Crippen LogP contribution is 2.51. The lowest BCUT2D eigenvalue weighted by molar-refractivity contribution is -0.0195. The summed E-state index contributed by atoms with van der Waals surface area (Å²) in [7, 11) is 1.58. The van der Waals surface area contributed by atoms with Crippen LogP contribution in [0.1, 0.15) is 42.5 Å². The lowest BCUT2D eigenvalue weighted by atomic mass is 9.82. The minimum atomic E-state index is -0.551. The predicted octanol–water partition coefficient (Wildman–Crippen LogP) is 2.37. The number of nitrogens with one attached hydrogen (secondary N) is 1. The van der Waals surface area contributed by atoms with E-state index in [2.05, 4.69) is 5.32 Å². The number of hydrogen-bond acceptors (Lipinski definition) is 3. The average molecular weight is 289 g/mol. The van der Waals surface area contributed by atoms with Crippen molar-refractivity contribution in [3.05, 3.63) is 29.8 Å². The topological polar surface area (TPSA) is 58.6 Å². The molecule has 1 aromatic carbocycles. The van der Waals surface area contributed by atoms with Crippen LogP contribution in [0.4, 0.5) is 0 Å². The Hall–Kier alpha value is -1.55. The third-order valence-corrected chi connectivity index (χ3v) is 5.12. The molecular formula is C17H23NO3. The summed E-state index contributed by atoms with van der Waals surface area (Å²) in [5.74, 6) is 1.71. The predicted molar refractivity (Wildman–Crippen MR) is 80.3 cm³/mol. The number of carbonyl (C=O) groups is 1. The molecule has 2 fully saturated rings. The lowest BCUT2D eigenvalue weighted by Crippen LogP contribution is -2.39. The summed E-state index contributed by atoms with van der Waals surface area (Å²) in [6, 6.07) is 7.11. The van der Waals surface area contributed by atoms with Gasteiger partial charge in [-0.2, -0.15) is 0 Å². The van der Waals surface area contributed by atoms with Crippen LogP contribution in [-0.2, 0) is 0 Å². The highest BCUT2D eigenvalue weighted by Gasteiger charge is 2.49. The van der Waals surface area contributed by atoms with Gasteiger partial charge in [-0.3, -0.25) is 4.79 Å². The molecule has 0 unspecified atom stereocenters. The van der Waals surface area contributed by atoms with Gasteiger partial charge in [0.15, 0.2) is 0 Å². The molecule has 1 aromatic rings. The molecule has 114 valence electrons. The van der Waals surface area contributed by atoms with Gasteiger partial charge in [0.2, 0.25) is 0 Å². The zero-order valence-corrected chi connectivity index (χ0v) is 12.5. The first-order valence-corrected chi connectivity index (χ1v) is 7.75. The Morgan fingerprint density at radius 2 is 2.33 bits per heavy atom. The monoisotopic (exact) mass is 289 g/mol. The zero-order valence-electron chi connectivity index (χ0n) is 12.5. The molecule has 3 atom stereocenters. The molecule has 0 aromatic heterocycles. The largest absolute Gasteiger partial charge is 0.497 e. The summed E-state index contributed by atoms with van der Waals surface area (Å²) in [5, 5.41) is 13.6. The van der Waals surface area contributed by atoms with E-state index in [9.17, 15) is 9.90 Å². The highest BCUT2D eigenvalue weighted by atomic mass is 16.5. The third-order valence-electron chi connectivity index (χ3n) is 5.12. The van der Waals surface area contributed by atoms with Gasteiger partial charge in [0.05, 0.1) is 12.7 Å². The Kier molecular flexibility index (Phi) is 3.89. The minimum absolute atomic E-state index is 0.111. The van der Waals surface area contributed by atoms with Gasteiger partial charge in [0.1, 0.15) is 5.75 Å². The summed E-state index contributed by atoms with van der Waals surface area (Å²) in [6.07, 6.45) is 5.14. The van der Waals surface area contributed by atoms with Crippen molar-refractivity contribution in [1.82, 2.24) is 5.32 Å². The second-order valence-electron chi connectivity index (χ2n) is 6.42. The van der Waals surface area contributed by atoms with E-state index in [1.54, 1.807) is 25.3 Å². The molecule has 0 spiro atoms. The van der Waals surface area contributed by atoms with Crippen LogP contribution in [0.25, 0.3) is 0 Å². The Morgan fingerprint density at radius 3 is 3.00 bits per heavy atom. The van der Waals surface area contributed by atoms with Crippen LogP contribution in [0.15, 0.2) is 24.3 Å². The molecule has 21 heavy (non-hydrogen) atoms. The van der Waals surface area contributed by atoms with Gasteiger partial charge in [-0.1, -0.05) is 6.07 Å². The van der Waals surface area contributed by atoms with Gasteiger partial charge in [-0.25, -0.2) is 0 Å². The maximum atomic E-state index is 12.1. The summed E-state index contributed by atoms with van der Waals surface area (Å²) in [6.45, 7) is 0.524. The van der Waals surface area contributed by atoms with E-state index in [4.69, 9.17) is 4.74 Å². The fourth-order valence-corrected chi connectivity index (χ4v) is 3.98. The second kappa shape index (κ2) is 5.68. The number of hydrogen-bond donors (Lipinski definition) is 2. The van der Waals surface area contributed by atoms with Gasteiger partial charge >= 0.3 is 0 Å². The molecule has 2 saturated carbocycles. The van der Waals surface area contributed by atoms with E-state index in [-0.39, 0.29) is 5.91 Å². The number of benzene rings is 1. The Morgan fingerprint density at radius 1 is 1.48 bits per heavy atom. The minimum Gasteiger partial charge on any atom is -0.497 e. The van der Waals surface area contributed by atoms with Crippen LogP contribution in [-0.4, -0.2) is 30.3 Å². The van der Waals surface area contributed by atoms with E-state index in [0.29, 0.717) is 36.1 Å². The SMILES string of the molecule is COc1cccc(C(=O)NCC[C@]2(O)C[C@H]3CC[C@H]2C3)c1. The van der Waals surface area contributed by atoms with Crippen molar-refractivity contribution in [2.75, 3.05) is 13.7 Å². The van der Waals surface area contributed by atoms with Crippen molar-refractivity contribution in [3.63, 3.8) is 0 Å². The van der Waals surface area contributed by atoms with E-state index in [0.717, 1.165) is 12.8 Å². The number of ether oxygens (including phenoxy) is 1. The molecule has 3 rings (SSSR count). The maximum Gasteiger partial charge on any atom is 0.251 e. The van der Waals surface area contributed by atoms with Crippen molar-refractivity contribution in [2.24, 2.45) is 11.8 Å². The molecule has 0 saturated heterocycles. The van der Waals surface area contributed by atoms with Crippen molar-refractivity contribution >= 4 is 5.91 Å². The van der Waals surface area contributed by atoms with Gasteiger partial charge in [-0.15, -0.1) is 0 Å². The summed E-state index contributed by atoms with van der Waals surface area (Å²) in [4.78, 5) is 12.1. The van der Waals surface area contributed by atoms with Crippen LogP contribution in [0.2, 0.25) is 0 Å². The maximum absolute atomic E-state index is 12.1. The second-order valence-corrected chi connectivity index (χ2v) is 6.42. The smallest absolute Gasteiger partial charge is 0.251 e. The van der Waals surface area contributed by atoms with E-state index in [1.807, 2.05) is 6.07 Å². The molecule has 2 aliphatic rings. The number of carbonyl (C=O) groups excluding carboxylic acids is 1. The molecule has 0 aliphatic heterocycles. The molecule has 4 heteroatoms. The number of rotatable bonds is 5. The van der Waals surface area contributed by atoms with Crippen LogP contribution in [0.3, 0.4) is 0 Å². The molecule has 4 nitrogen and oxygen atoms in total. The van der Waals surface area contributed by atoms with Crippen molar-refractivity contribution in [3.8, 4) is 5.75 Å². The third kappa shape index (κ3) is 2.91. The van der Waals surface area contributed by atoms with Gasteiger partial charge in [0, 0.05) is 12.1 Å². The van der Waals surface area contributed by atoms with Gasteiger partial charge < -0.3 is 15.2 Å². The first-order valence-electron chi connectivity index (χ1n) is 7.75. The van der Waals surface area contributed by atoms with Crippen molar-refractivity contribution in [1.29, 1.82) is 0 Å². The lowest BCUT2D eigenvalue weighted by Gasteiger charge is -2.32. The summed E-state index contributed by atoms with van der Waals surface area (Å²) in [5.41, 5.74) is 0.0409. The average Bonchev–Trinajstić information content (AvgIpc) is 3.07. The molecule has 2 N–H and O–H groups in total. The van der Waals surface area contributed by atoms with Crippen LogP contribution in [0.5, 0.6) is 5.75 Å². The number of amides is 1. The van der Waals surface area contributed by atoms with Crippen LogP contribution < -0.4 is 10.1 Å². The summed E-state index contributed by atoms with van der Waals surface area (Å²) < 4.78 is 5.12. The first kappa shape index (κ1) is 14.4. The zero-order chi connectivity index (χ0) is 14.9. The van der Waals surface area contributed by atoms with Crippen molar-refractivity contribution in [2.45, 2.75) is 37.7 Å². The normalized spacial score (nSPS) is 30.4. The Bertz CT molecular complexity index is 531. The molecule has 2 bridgehead atoms. The van der Waals surface area contributed by atoms with Crippen LogP contribution >= 0.6 is 0 Å². The molecule has 1 amide bonds. The summed E-state index contributed by atoms with van der Waals surface area (Å²) >= 11 is 0.